The lowest BCUT2D eigenvalue weighted by Gasteiger charge is -2.43. The van der Waals surface area contributed by atoms with E-state index in [0.29, 0.717) is 24.4 Å². The first-order valence-electron chi connectivity index (χ1n) is 9.63. The number of carbonyl (C=O) groups excluding carboxylic acids is 2. The minimum atomic E-state index is -0.511. The molecule has 3 N–H and O–H groups in total. The van der Waals surface area contributed by atoms with Crippen molar-refractivity contribution in [3.05, 3.63) is 21.4 Å². The highest BCUT2D eigenvalue weighted by molar-refractivity contribution is 7.14. The number of carbonyl (C=O) groups is 2. The van der Waals surface area contributed by atoms with E-state index in [1.165, 1.54) is 16.9 Å². The smallest absolute Gasteiger partial charge is 0.261 e. The van der Waals surface area contributed by atoms with Crippen molar-refractivity contribution in [2.45, 2.75) is 44.3 Å². The van der Waals surface area contributed by atoms with E-state index in [9.17, 15) is 14.7 Å². The molecule has 2 amide bonds. The summed E-state index contributed by atoms with van der Waals surface area (Å²) in [6.45, 7) is 4.84. The van der Waals surface area contributed by atoms with Crippen LogP contribution in [0.3, 0.4) is 0 Å². The molecular formula is C19H29N3O4S. The fourth-order valence-electron chi connectivity index (χ4n) is 3.70. The van der Waals surface area contributed by atoms with Crippen molar-refractivity contribution in [1.82, 2.24) is 15.5 Å². The van der Waals surface area contributed by atoms with Crippen LogP contribution in [0.2, 0.25) is 0 Å². The van der Waals surface area contributed by atoms with Gasteiger partial charge in [-0.3, -0.25) is 14.5 Å². The summed E-state index contributed by atoms with van der Waals surface area (Å²) in [6.07, 6.45) is 2.58. The average Bonchev–Trinajstić information content (AvgIpc) is 3.13. The first-order valence-corrected chi connectivity index (χ1v) is 10.5. The zero-order valence-electron chi connectivity index (χ0n) is 16.0. The van der Waals surface area contributed by atoms with Crippen LogP contribution < -0.4 is 10.6 Å². The van der Waals surface area contributed by atoms with Crippen molar-refractivity contribution in [3.63, 3.8) is 0 Å². The Morgan fingerprint density at radius 2 is 2.15 bits per heavy atom. The number of ether oxygens (including phenoxy) is 1. The second kappa shape index (κ2) is 8.68. The number of nitrogens with zero attached hydrogens (tertiary/aromatic N) is 1. The normalized spacial score (nSPS) is 20.1. The third-order valence-electron chi connectivity index (χ3n) is 5.48. The Morgan fingerprint density at radius 1 is 1.41 bits per heavy atom. The zero-order chi connectivity index (χ0) is 19.4. The summed E-state index contributed by atoms with van der Waals surface area (Å²) < 4.78 is 6.23. The highest BCUT2D eigenvalue weighted by Gasteiger charge is 2.42. The first-order chi connectivity index (χ1) is 13.0. The van der Waals surface area contributed by atoms with Crippen LogP contribution in [0.5, 0.6) is 0 Å². The van der Waals surface area contributed by atoms with Gasteiger partial charge in [-0.15, -0.1) is 11.3 Å². The number of hydrogen-bond acceptors (Lipinski definition) is 6. The summed E-state index contributed by atoms with van der Waals surface area (Å²) in [5.41, 5.74) is 0.867. The molecule has 7 nitrogen and oxygen atoms in total. The van der Waals surface area contributed by atoms with Crippen LogP contribution in [0.15, 0.2) is 6.07 Å². The molecule has 0 bridgehead atoms. The van der Waals surface area contributed by atoms with Crippen molar-refractivity contribution in [2.24, 2.45) is 0 Å². The third kappa shape index (κ3) is 4.51. The predicted molar refractivity (Wildman–Crippen MR) is 104 cm³/mol. The van der Waals surface area contributed by atoms with Crippen molar-refractivity contribution >= 4 is 23.2 Å². The number of rotatable bonds is 6. The number of nitrogens with one attached hydrogen (secondary N) is 2. The fraction of sp³-hybridized carbons (Fsp3) is 0.684. The lowest BCUT2D eigenvalue weighted by molar-refractivity contribution is -0.125. The molecule has 8 heteroatoms. The van der Waals surface area contributed by atoms with Gasteiger partial charge in [0.2, 0.25) is 5.91 Å². The molecule has 1 fully saturated rings. The van der Waals surface area contributed by atoms with E-state index < -0.39 is 6.10 Å². The van der Waals surface area contributed by atoms with Crippen LogP contribution >= 0.6 is 11.3 Å². The quantitative estimate of drug-likeness (QED) is 0.665. The molecule has 1 aromatic heterocycles. The van der Waals surface area contributed by atoms with E-state index in [1.54, 1.807) is 7.05 Å². The molecule has 150 valence electrons. The molecule has 1 spiro atoms. The Hall–Kier alpha value is -1.48. The van der Waals surface area contributed by atoms with Crippen LogP contribution in [-0.2, 0) is 21.6 Å². The Balaban J connectivity index is 1.69. The lowest BCUT2D eigenvalue weighted by Crippen LogP contribution is -2.48. The minimum Gasteiger partial charge on any atom is -0.391 e. The number of thiophene rings is 1. The monoisotopic (exact) mass is 395 g/mol. The number of likely N-dealkylation sites (tertiary alicyclic amines) is 1. The molecule has 0 radical (unpaired) electrons. The molecule has 1 aromatic rings. The first kappa shape index (κ1) is 20.3. The van der Waals surface area contributed by atoms with Crippen molar-refractivity contribution in [3.8, 4) is 0 Å². The van der Waals surface area contributed by atoms with Crippen LogP contribution in [-0.4, -0.2) is 67.8 Å². The molecule has 3 heterocycles. The van der Waals surface area contributed by atoms with Crippen molar-refractivity contribution < 1.29 is 19.4 Å². The van der Waals surface area contributed by atoms with E-state index in [0.717, 1.165) is 37.2 Å². The number of piperidine rings is 1. The molecule has 0 aromatic carbocycles. The number of aliphatic hydroxyl groups is 1. The van der Waals surface area contributed by atoms with E-state index in [4.69, 9.17) is 4.74 Å². The SMILES string of the molecule is CCC(O)CNC(=O)c1cc2c(s1)C1(CCN(CC(=O)NC)CC1)OCC2. The average molecular weight is 396 g/mol. The van der Waals surface area contributed by atoms with Gasteiger partial charge < -0.3 is 20.5 Å². The summed E-state index contributed by atoms with van der Waals surface area (Å²) in [6, 6.07) is 1.98. The topological polar surface area (TPSA) is 90.9 Å². The van der Waals surface area contributed by atoms with E-state index >= 15 is 0 Å². The molecule has 1 saturated heterocycles. The Kier molecular flexibility index (Phi) is 6.52. The number of hydrogen-bond donors (Lipinski definition) is 3. The number of fused-ring (bicyclic) bond motifs is 2. The maximum Gasteiger partial charge on any atom is 0.261 e. The second-order valence-corrected chi connectivity index (χ2v) is 8.33. The van der Waals surface area contributed by atoms with Gasteiger partial charge in [-0.1, -0.05) is 6.92 Å². The van der Waals surface area contributed by atoms with Gasteiger partial charge in [-0.25, -0.2) is 0 Å². The maximum absolute atomic E-state index is 12.5. The molecule has 1 atom stereocenters. The molecule has 0 saturated carbocycles. The van der Waals surface area contributed by atoms with Crippen molar-refractivity contribution in [2.75, 3.05) is 39.8 Å². The van der Waals surface area contributed by atoms with Crippen LogP contribution in [0.1, 0.15) is 46.3 Å². The second-order valence-electron chi connectivity index (χ2n) is 7.28. The van der Waals surface area contributed by atoms with Crippen LogP contribution in [0, 0.1) is 0 Å². The molecule has 2 aliphatic heterocycles. The van der Waals surface area contributed by atoms with E-state index in [1.807, 2.05) is 13.0 Å². The zero-order valence-corrected chi connectivity index (χ0v) is 16.9. The van der Waals surface area contributed by atoms with Gasteiger partial charge in [-0.2, -0.15) is 0 Å². The summed E-state index contributed by atoms with van der Waals surface area (Å²) >= 11 is 1.51. The number of amides is 2. The van der Waals surface area contributed by atoms with Gasteiger partial charge in [0.15, 0.2) is 0 Å². The van der Waals surface area contributed by atoms with Gasteiger partial charge in [0.05, 0.1) is 24.1 Å². The Morgan fingerprint density at radius 3 is 2.81 bits per heavy atom. The van der Waals surface area contributed by atoms with Crippen LogP contribution in [0.25, 0.3) is 0 Å². The number of aliphatic hydroxyl groups excluding tert-OH is 1. The number of likely N-dealkylation sites (N-methyl/N-ethyl adjacent to an activating group) is 1. The Bertz CT molecular complexity index is 682. The molecular weight excluding hydrogens is 366 g/mol. The maximum atomic E-state index is 12.5. The molecule has 3 rings (SSSR count). The van der Waals surface area contributed by atoms with Crippen molar-refractivity contribution in [1.29, 1.82) is 0 Å². The summed E-state index contributed by atoms with van der Waals surface area (Å²) in [7, 11) is 1.65. The predicted octanol–water partition coefficient (Wildman–Crippen LogP) is 0.859. The van der Waals surface area contributed by atoms with Gasteiger partial charge in [0.25, 0.3) is 5.91 Å². The van der Waals surface area contributed by atoms with Gasteiger partial charge in [0.1, 0.15) is 5.60 Å². The fourth-order valence-corrected chi connectivity index (χ4v) is 5.03. The van der Waals surface area contributed by atoms with Gasteiger partial charge >= 0.3 is 0 Å². The standard InChI is InChI=1S/C19H29N3O4S/c1-3-14(23)11-21-18(25)15-10-13-4-9-26-19(17(13)27-15)5-7-22(8-6-19)12-16(24)20-2/h10,14,23H,3-9,11-12H2,1-2H3,(H,20,24)(H,21,25). The highest BCUT2D eigenvalue weighted by atomic mass is 32.1. The highest BCUT2D eigenvalue weighted by Crippen LogP contribution is 2.45. The summed E-state index contributed by atoms with van der Waals surface area (Å²) in [5.74, 6) is -0.102. The lowest BCUT2D eigenvalue weighted by atomic mass is 9.85. The largest absolute Gasteiger partial charge is 0.391 e. The van der Waals surface area contributed by atoms with Crippen LogP contribution in [0.4, 0.5) is 0 Å². The summed E-state index contributed by atoms with van der Waals surface area (Å²) in [4.78, 5) is 28.1. The van der Waals surface area contributed by atoms with E-state index in [2.05, 4.69) is 15.5 Å². The minimum absolute atomic E-state index is 0.0283. The molecule has 2 aliphatic rings. The third-order valence-corrected chi connectivity index (χ3v) is 6.84. The molecule has 0 aliphatic carbocycles. The van der Waals surface area contributed by atoms with E-state index in [-0.39, 0.29) is 24.0 Å². The van der Waals surface area contributed by atoms with Gasteiger partial charge in [-0.05, 0) is 37.3 Å². The Labute approximate surface area is 164 Å². The molecule has 27 heavy (non-hydrogen) atoms. The summed E-state index contributed by atoms with van der Waals surface area (Å²) in [5, 5.41) is 15.1. The van der Waals surface area contributed by atoms with Gasteiger partial charge in [0, 0.05) is 31.6 Å². The molecule has 1 unspecified atom stereocenters.